The molecule has 0 saturated heterocycles. The maximum atomic E-state index is 12.9. The molecule has 0 aliphatic heterocycles. The molecule has 1 aromatic heterocycles. The first-order chi connectivity index (χ1) is 7.75. The van der Waals surface area contributed by atoms with Crippen LogP contribution in [0.4, 0.5) is 14.5 Å². The first kappa shape index (κ1) is 10.5. The Morgan fingerprint density at radius 3 is 2.69 bits per heavy atom. The molecule has 16 heavy (non-hydrogen) atoms. The third kappa shape index (κ3) is 2.50. The quantitative estimate of drug-likeness (QED) is 0.864. The largest absolute Gasteiger partial charge is 0.379 e. The zero-order valence-electron chi connectivity index (χ0n) is 8.32. The summed E-state index contributed by atoms with van der Waals surface area (Å²) in [6.07, 6.45) is 3.05. The molecule has 2 aromatic rings. The number of hydrogen-bond donors (Lipinski definition) is 1. The zero-order valence-corrected chi connectivity index (χ0v) is 8.32. The normalized spacial score (nSPS) is 10.1. The summed E-state index contributed by atoms with van der Waals surface area (Å²) < 4.78 is 25.5. The molecule has 0 spiro atoms. The van der Waals surface area contributed by atoms with E-state index in [1.54, 1.807) is 12.3 Å². The number of halogens is 2. The maximum absolute atomic E-state index is 12.9. The molecule has 1 aromatic carbocycles. The first-order valence-corrected chi connectivity index (χ1v) is 4.69. The fourth-order valence-electron chi connectivity index (χ4n) is 1.22. The van der Waals surface area contributed by atoms with Crippen LogP contribution in [-0.4, -0.2) is 9.97 Å². The van der Waals surface area contributed by atoms with Gasteiger partial charge in [0.1, 0.15) is 6.33 Å². The minimum absolute atomic E-state index is 0.438. The second-order valence-electron chi connectivity index (χ2n) is 3.18. The van der Waals surface area contributed by atoms with Crippen LogP contribution in [0.1, 0.15) is 5.69 Å². The SMILES string of the molecule is Fc1ccc(NCc2ccncn2)cc1F. The van der Waals surface area contributed by atoms with Crippen LogP contribution in [0.5, 0.6) is 0 Å². The smallest absolute Gasteiger partial charge is 0.160 e. The predicted molar refractivity (Wildman–Crippen MR) is 55.7 cm³/mol. The molecule has 0 unspecified atom stereocenters. The summed E-state index contributed by atoms with van der Waals surface area (Å²) in [5.74, 6) is -1.72. The lowest BCUT2D eigenvalue weighted by molar-refractivity contribution is 0.509. The highest BCUT2D eigenvalue weighted by Crippen LogP contribution is 2.13. The van der Waals surface area contributed by atoms with Crippen LogP contribution in [0.25, 0.3) is 0 Å². The fourth-order valence-corrected chi connectivity index (χ4v) is 1.22. The van der Waals surface area contributed by atoms with E-state index in [1.807, 2.05) is 0 Å². The van der Waals surface area contributed by atoms with E-state index in [0.717, 1.165) is 17.8 Å². The van der Waals surface area contributed by atoms with Gasteiger partial charge in [-0.2, -0.15) is 0 Å². The Morgan fingerprint density at radius 1 is 1.12 bits per heavy atom. The highest BCUT2D eigenvalue weighted by Gasteiger charge is 2.02. The molecule has 0 radical (unpaired) electrons. The van der Waals surface area contributed by atoms with Gasteiger partial charge >= 0.3 is 0 Å². The average molecular weight is 221 g/mol. The van der Waals surface area contributed by atoms with Gasteiger partial charge in [-0.1, -0.05) is 0 Å². The first-order valence-electron chi connectivity index (χ1n) is 4.69. The maximum Gasteiger partial charge on any atom is 0.160 e. The van der Waals surface area contributed by atoms with Gasteiger partial charge in [-0.3, -0.25) is 0 Å². The summed E-state index contributed by atoms with van der Waals surface area (Å²) in [5.41, 5.74) is 1.29. The van der Waals surface area contributed by atoms with Crippen molar-refractivity contribution in [3.05, 3.63) is 54.1 Å². The second kappa shape index (κ2) is 4.65. The molecule has 0 fully saturated rings. The molecule has 5 heteroatoms. The number of nitrogens with zero attached hydrogens (tertiary/aromatic N) is 2. The van der Waals surface area contributed by atoms with E-state index >= 15 is 0 Å². The summed E-state index contributed by atoms with van der Waals surface area (Å²) in [5, 5.41) is 2.93. The minimum atomic E-state index is -0.868. The van der Waals surface area contributed by atoms with Gasteiger partial charge in [-0.05, 0) is 18.2 Å². The predicted octanol–water partition coefficient (Wildman–Crippen LogP) is 2.37. The highest BCUT2D eigenvalue weighted by atomic mass is 19.2. The number of hydrogen-bond acceptors (Lipinski definition) is 3. The molecular formula is C11H9F2N3. The Kier molecular flexibility index (Phi) is 3.05. The summed E-state index contributed by atoms with van der Waals surface area (Å²) in [6.45, 7) is 0.438. The lowest BCUT2D eigenvalue weighted by Crippen LogP contribution is -2.02. The topological polar surface area (TPSA) is 37.8 Å². The van der Waals surface area contributed by atoms with Crippen LogP contribution in [0.2, 0.25) is 0 Å². The Labute approximate surface area is 91.2 Å². The Balaban J connectivity index is 2.03. The van der Waals surface area contributed by atoms with Crippen LogP contribution in [0.15, 0.2) is 36.8 Å². The van der Waals surface area contributed by atoms with Crippen molar-refractivity contribution in [2.75, 3.05) is 5.32 Å². The van der Waals surface area contributed by atoms with Gasteiger partial charge in [0.2, 0.25) is 0 Å². The number of aromatic nitrogens is 2. The number of anilines is 1. The van der Waals surface area contributed by atoms with E-state index in [-0.39, 0.29) is 0 Å². The van der Waals surface area contributed by atoms with Gasteiger partial charge < -0.3 is 5.32 Å². The number of nitrogens with one attached hydrogen (secondary N) is 1. The van der Waals surface area contributed by atoms with E-state index in [1.165, 1.54) is 12.4 Å². The number of benzene rings is 1. The Hall–Kier alpha value is -2.04. The monoisotopic (exact) mass is 221 g/mol. The van der Waals surface area contributed by atoms with Gasteiger partial charge in [0, 0.05) is 18.0 Å². The van der Waals surface area contributed by atoms with Crippen LogP contribution in [0.3, 0.4) is 0 Å². The second-order valence-corrected chi connectivity index (χ2v) is 3.18. The van der Waals surface area contributed by atoms with Gasteiger partial charge in [0.05, 0.1) is 12.2 Å². The van der Waals surface area contributed by atoms with Crippen molar-refractivity contribution < 1.29 is 8.78 Å². The van der Waals surface area contributed by atoms with Gasteiger partial charge in [-0.15, -0.1) is 0 Å². The van der Waals surface area contributed by atoms with Gasteiger partial charge in [0.15, 0.2) is 11.6 Å². The van der Waals surface area contributed by atoms with E-state index in [2.05, 4.69) is 15.3 Å². The van der Waals surface area contributed by atoms with Crippen molar-refractivity contribution in [1.82, 2.24) is 9.97 Å². The molecule has 0 amide bonds. The molecule has 0 aliphatic carbocycles. The van der Waals surface area contributed by atoms with Crippen molar-refractivity contribution in [3.8, 4) is 0 Å². The van der Waals surface area contributed by atoms with E-state index < -0.39 is 11.6 Å². The molecule has 1 N–H and O–H groups in total. The standard InChI is InChI=1S/C11H9F2N3/c12-10-2-1-8(5-11(10)13)15-6-9-3-4-14-7-16-9/h1-5,7,15H,6H2. The van der Waals surface area contributed by atoms with Crippen LogP contribution in [0, 0.1) is 11.6 Å². The van der Waals surface area contributed by atoms with Crippen molar-refractivity contribution in [2.45, 2.75) is 6.54 Å². The molecule has 0 atom stereocenters. The summed E-state index contributed by atoms with van der Waals surface area (Å²) in [7, 11) is 0. The summed E-state index contributed by atoms with van der Waals surface area (Å²) in [6, 6.07) is 5.40. The molecule has 0 aliphatic rings. The number of rotatable bonds is 3. The summed E-state index contributed by atoms with van der Waals surface area (Å²) in [4.78, 5) is 7.77. The minimum Gasteiger partial charge on any atom is -0.379 e. The van der Waals surface area contributed by atoms with Crippen LogP contribution in [-0.2, 0) is 6.54 Å². The molecule has 3 nitrogen and oxygen atoms in total. The van der Waals surface area contributed by atoms with Gasteiger partial charge in [0.25, 0.3) is 0 Å². The highest BCUT2D eigenvalue weighted by molar-refractivity contribution is 5.43. The van der Waals surface area contributed by atoms with Crippen molar-refractivity contribution in [3.63, 3.8) is 0 Å². The van der Waals surface area contributed by atoms with Crippen molar-refractivity contribution >= 4 is 5.69 Å². The third-order valence-electron chi connectivity index (χ3n) is 2.04. The van der Waals surface area contributed by atoms with E-state index in [0.29, 0.717) is 12.2 Å². The van der Waals surface area contributed by atoms with Crippen LogP contribution >= 0.6 is 0 Å². The Bertz CT molecular complexity index is 474. The van der Waals surface area contributed by atoms with E-state index in [4.69, 9.17) is 0 Å². The third-order valence-corrected chi connectivity index (χ3v) is 2.04. The van der Waals surface area contributed by atoms with Crippen molar-refractivity contribution in [2.24, 2.45) is 0 Å². The Morgan fingerprint density at radius 2 is 2.00 bits per heavy atom. The fraction of sp³-hybridized carbons (Fsp3) is 0.0909. The summed E-state index contributed by atoms with van der Waals surface area (Å²) >= 11 is 0. The molecule has 2 rings (SSSR count). The molecule has 1 heterocycles. The van der Waals surface area contributed by atoms with Crippen LogP contribution < -0.4 is 5.32 Å². The lowest BCUT2D eigenvalue weighted by atomic mass is 10.3. The van der Waals surface area contributed by atoms with Gasteiger partial charge in [-0.25, -0.2) is 18.7 Å². The van der Waals surface area contributed by atoms with Crippen molar-refractivity contribution in [1.29, 1.82) is 0 Å². The molecule has 0 saturated carbocycles. The molecule has 0 bridgehead atoms. The van der Waals surface area contributed by atoms with E-state index in [9.17, 15) is 8.78 Å². The molecular weight excluding hydrogens is 212 g/mol. The average Bonchev–Trinajstić information content (AvgIpc) is 2.32. The lowest BCUT2D eigenvalue weighted by Gasteiger charge is -2.05. The zero-order chi connectivity index (χ0) is 11.4. The molecule has 82 valence electrons.